The molecule has 2 rings (SSSR count). The smallest absolute Gasteiger partial charge is 0.338 e. The Kier molecular flexibility index (Phi) is 8.83. The van der Waals surface area contributed by atoms with Crippen molar-refractivity contribution in [1.29, 1.82) is 0 Å². The van der Waals surface area contributed by atoms with Gasteiger partial charge in [0.1, 0.15) is 5.82 Å². The van der Waals surface area contributed by atoms with Crippen molar-refractivity contribution in [3.05, 3.63) is 52.6 Å². The summed E-state index contributed by atoms with van der Waals surface area (Å²) in [4.78, 5) is 27.9. The van der Waals surface area contributed by atoms with Crippen LogP contribution in [0.25, 0.3) is 0 Å². The van der Waals surface area contributed by atoms with Crippen LogP contribution in [-0.4, -0.2) is 31.8 Å². The lowest BCUT2D eigenvalue weighted by Crippen LogP contribution is -2.34. The number of carboxylic acid groups (broad SMARTS) is 1. The molecular formula is C23H31F2N3O3S. The number of amides is 1. The molecule has 0 aliphatic heterocycles. The summed E-state index contributed by atoms with van der Waals surface area (Å²) in [7, 11) is 0. The van der Waals surface area contributed by atoms with Crippen LogP contribution in [0.3, 0.4) is 0 Å². The van der Waals surface area contributed by atoms with Gasteiger partial charge in [0.2, 0.25) is 5.91 Å². The molecule has 176 valence electrons. The molecule has 1 atom stereocenters. The van der Waals surface area contributed by atoms with E-state index in [1.165, 1.54) is 6.07 Å². The molecule has 0 aliphatic carbocycles. The SMILES string of the molecule is CCCCc1ncc(CNC(=O)C(S)CC(C)(C)C)n1Cc1ccc(C(=O)O)c(F)c1F. The van der Waals surface area contributed by atoms with Crippen molar-refractivity contribution < 1.29 is 23.5 Å². The van der Waals surface area contributed by atoms with Gasteiger partial charge in [0.05, 0.1) is 35.8 Å². The summed E-state index contributed by atoms with van der Waals surface area (Å²) in [6.07, 6.45) is 4.65. The Balaban J connectivity index is 2.26. The summed E-state index contributed by atoms with van der Waals surface area (Å²) in [5, 5.41) is 11.4. The van der Waals surface area contributed by atoms with Crippen LogP contribution in [0.15, 0.2) is 18.3 Å². The number of unbranched alkanes of at least 4 members (excludes halogenated alkanes) is 1. The second-order valence-electron chi connectivity index (χ2n) is 9.06. The Morgan fingerprint density at radius 2 is 1.94 bits per heavy atom. The van der Waals surface area contributed by atoms with E-state index in [9.17, 15) is 18.4 Å². The van der Waals surface area contributed by atoms with Crippen LogP contribution in [0.1, 0.15) is 74.4 Å². The highest BCUT2D eigenvalue weighted by Crippen LogP contribution is 2.24. The number of halogens is 2. The molecule has 1 amide bonds. The molecule has 0 radical (unpaired) electrons. The van der Waals surface area contributed by atoms with Crippen molar-refractivity contribution in [2.75, 3.05) is 0 Å². The second-order valence-corrected chi connectivity index (χ2v) is 9.68. The molecule has 0 aliphatic rings. The van der Waals surface area contributed by atoms with Crippen LogP contribution in [0.4, 0.5) is 8.78 Å². The zero-order valence-corrected chi connectivity index (χ0v) is 19.8. The first-order chi connectivity index (χ1) is 14.9. The van der Waals surface area contributed by atoms with Gasteiger partial charge in [0.25, 0.3) is 0 Å². The minimum absolute atomic E-state index is 0.00984. The fourth-order valence-electron chi connectivity index (χ4n) is 3.34. The molecule has 6 nitrogen and oxygen atoms in total. The molecule has 32 heavy (non-hydrogen) atoms. The Bertz CT molecular complexity index is 970. The van der Waals surface area contributed by atoms with Crippen molar-refractivity contribution in [3.8, 4) is 0 Å². The monoisotopic (exact) mass is 467 g/mol. The molecule has 1 aromatic heterocycles. The molecule has 1 aromatic carbocycles. The van der Waals surface area contributed by atoms with E-state index in [4.69, 9.17) is 5.11 Å². The van der Waals surface area contributed by atoms with Crippen LogP contribution in [0.2, 0.25) is 0 Å². The zero-order valence-electron chi connectivity index (χ0n) is 18.9. The fourth-order valence-corrected chi connectivity index (χ4v) is 3.98. The third-order valence-corrected chi connectivity index (χ3v) is 5.47. The molecule has 2 aromatic rings. The minimum atomic E-state index is -1.53. The number of aromatic carboxylic acids is 1. The minimum Gasteiger partial charge on any atom is -0.478 e. The average molecular weight is 468 g/mol. The number of nitrogens with zero attached hydrogens (tertiary/aromatic N) is 2. The van der Waals surface area contributed by atoms with Gasteiger partial charge in [-0.1, -0.05) is 40.2 Å². The Morgan fingerprint density at radius 3 is 2.53 bits per heavy atom. The largest absolute Gasteiger partial charge is 0.478 e. The van der Waals surface area contributed by atoms with E-state index in [0.717, 1.165) is 18.9 Å². The van der Waals surface area contributed by atoms with Crippen molar-refractivity contribution in [2.45, 2.75) is 71.7 Å². The predicted molar refractivity (Wildman–Crippen MR) is 122 cm³/mol. The molecule has 0 saturated carbocycles. The Morgan fingerprint density at radius 1 is 1.25 bits per heavy atom. The summed E-state index contributed by atoms with van der Waals surface area (Å²) in [6.45, 7) is 8.26. The number of aryl methyl sites for hydroxylation is 1. The highest BCUT2D eigenvalue weighted by atomic mass is 32.1. The van der Waals surface area contributed by atoms with Gasteiger partial charge in [-0.15, -0.1) is 0 Å². The lowest BCUT2D eigenvalue weighted by molar-refractivity contribution is -0.121. The van der Waals surface area contributed by atoms with Crippen molar-refractivity contribution in [3.63, 3.8) is 0 Å². The number of hydrogen-bond acceptors (Lipinski definition) is 4. The normalized spacial score (nSPS) is 12.6. The molecule has 0 spiro atoms. The third kappa shape index (κ3) is 6.79. The first-order valence-electron chi connectivity index (χ1n) is 10.6. The van der Waals surface area contributed by atoms with Gasteiger partial charge in [-0.3, -0.25) is 4.79 Å². The average Bonchev–Trinajstić information content (AvgIpc) is 3.07. The molecule has 1 heterocycles. The molecule has 0 bridgehead atoms. The zero-order chi connectivity index (χ0) is 24.1. The molecular weight excluding hydrogens is 436 g/mol. The number of carboxylic acids is 1. The molecule has 9 heteroatoms. The highest BCUT2D eigenvalue weighted by Gasteiger charge is 2.23. The van der Waals surface area contributed by atoms with E-state index in [0.29, 0.717) is 24.4 Å². The lowest BCUT2D eigenvalue weighted by atomic mass is 9.90. The van der Waals surface area contributed by atoms with Crippen LogP contribution in [0.5, 0.6) is 0 Å². The number of thiol groups is 1. The standard InChI is InChI=1S/C23H31F2N3O3S/c1-5-6-7-18-26-11-15(12-27-21(29)17(32)10-23(2,3)4)28(18)13-14-8-9-16(22(30)31)20(25)19(14)24/h8-9,11,17,32H,5-7,10,12-13H2,1-4H3,(H,27,29)(H,30,31). The van der Waals surface area contributed by atoms with E-state index in [1.807, 2.05) is 27.7 Å². The van der Waals surface area contributed by atoms with Gasteiger partial charge in [0.15, 0.2) is 11.6 Å². The van der Waals surface area contributed by atoms with Gasteiger partial charge >= 0.3 is 5.97 Å². The van der Waals surface area contributed by atoms with Gasteiger partial charge in [0, 0.05) is 12.0 Å². The summed E-state index contributed by atoms with van der Waals surface area (Å²) < 4.78 is 30.5. The maximum atomic E-state index is 14.6. The van der Waals surface area contributed by atoms with Crippen molar-refractivity contribution >= 4 is 24.5 Å². The maximum Gasteiger partial charge on any atom is 0.338 e. The predicted octanol–water partition coefficient (Wildman–Crippen LogP) is 4.60. The van der Waals surface area contributed by atoms with Crippen LogP contribution in [-0.2, 0) is 24.3 Å². The lowest BCUT2D eigenvalue weighted by Gasteiger charge is -2.22. The number of hydrogen-bond donors (Lipinski definition) is 3. The fraction of sp³-hybridized carbons (Fsp3) is 0.522. The summed E-state index contributed by atoms with van der Waals surface area (Å²) >= 11 is 4.40. The molecule has 0 fully saturated rings. The number of aromatic nitrogens is 2. The number of nitrogens with one attached hydrogen (secondary N) is 1. The van der Waals surface area contributed by atoms with Gasteiger partial charge < -0.3 is 15.0 Å². The number of benzene rings is 1. The number of carbonyl (C=O) groups is 2. The first kappa shape index (κ1) is 25.8. The summed E-state index contributed by atoms with van der Waals surface area (Å²) in [5.74, 6) is -3.64. The Labute approximate surface area is 192 Å². The number of imidazole rings is 1. The van der Waals surface area contributed by atoms with Crippen molar-refractivity contribution in [2.24, 2.45) is 5.41 Å². The molecule has 1 unspecified atom stereocenters. The Hall–Kier alpha value is -2.42. The first-order valence-corrected chi connectivity index (χ1v) is 11.2. The summed E-state index contributed by atoms with van der Waals surface area (Å²) in [6, 6.07) is 2.32. The van der Waals surface area contributed by atoms with Gasteiger partial charge in [-0.05, 0) is 24.3 Å². The second kappa shape index (κ2) is 10.9. The molecule has 2 N–H and O–H groups in total. The molecule has 0 saturated heterocycles. The van der Waals surface area contributed by atoms with Crippen LogP contribution >= 0.6 is 12.6 Å². The van der Waals surface area contributed by atoms with E-state index in [2.05, 4.69) is 22.9 Å². The van der Waals surface area contributed by atoms with Crippen LogP contribution < -0.4 is 5.32 Å². The van der Waals surface area contributed by atoms with E-state index < -0.39 is 28.4 Å². The van der Waals surface area contributed by atoms with Crippen molar-refractivity contribution in [1.82, 2.24) is 14.9 Å². The van der Waals surface area contributed by atoms with Crippen LogP contribution in [0, 0.1) is 17.0 Å². The quantitative estimate of drug-likeness (QED) is 0.446. The topological polar surface area (TPSA) is 84.2 Å². The van der Waals surface area contributed by atoms with E-state index in [1.54, 1.807) is 10.8 Å². The van der Waals surface area contributed by atoms with E-state index >= 15 is 0 Å². The maximum absolute atomic E-state index is 14.6. The number of carbonyl (C=O) groups excluding carboxylic acids is 1. The summed E-state index contributed by atoms with van der Waals surface area (Å²) in [5.41, 5.74) is -0.115. The van der Waals surface area contributed by atoms with Gasteiger partial charge in [-0.2, -0.15) is 12.6 Å². The van der Waals surface area contributed by atoms with E-state index in [-0.39, 0.29) is 30.0 Å². The highest BCUT2D eigenvalue weighted by molar-refractivity contribution is 7.81. The third-order valence-electron chi connectivity index (χ3n) is 5.05. The number of rotatable bonds is 10. The van der Waals surface area contributed by atoms with Gasteiger partial charge in [-0.25, -0.2) is 18.6 Å².